The Hall–Kier alpha value is -3.52. The molecule has 24 heavy (non-hydrogen) atoms. The highest BCUT2D eigenvalue weighted by Crippen LogP contribution is 2.42. The zero-order valence-electron chi connectivity index (χ0n) is 12.6. The summed E-state index contributed by atoms with van der Waals surface area (Å²) in [6.45, 7) is 0. The maximum Gasteiger partial charge on any atom is 0.256 e. The highest BCUT2D eigenvalue weighted by atomic mass is 16.5. The number of nitriles is 1. The van der Waals surface area contributed by atoms with Crippen molar-refractivity contribution in [3.8, 4) is 11.8 Å². The SMILES string of the molecule is N#CC1=C(N)Oc2c(c(=O)[nH]c3ccccc23)C1c1ccccc1. The van der Waals surface area contributed by atoms with Crippen LogP contribution in [0.3, 0.4) is 0 Å². The topological polar surface area (TPSA) is 91.9 Å². The fourth-order valence-electron chi connectivity index (χ4n) is 3.15. The Morgan fingerprint density at radius 1 is 1.08 bits per heavy atom. The van der Waals surface area contributed by atoms with E-state index in [1.54, 1.807) is 6.07 Å². The number of nitrogens with two attached hydrogens (primary N) is 1. The second-order valence-corrected chi connectivity index (χ2v) is 5.58. The Kier molecular flexibility index (Phi) is 3.10. The van der Waals surface area contributed by atoms with Crippen molar-refractivity contribution in [2.24, 2.45) is 5.73 Å². The molecule has 0 bridgehead atoms. The fourth-order valence-corrected chi connectivity index (χ4v) is 3.15. The van der Waals surface area contributed by atoms with Gasteiger partial charge in [0, 0.05) is 5.39 Å². The molecular formula is C19H13N3O2. The quantitative estimate of drug-likeness (QED) is 0.722. The molecular weight excluding hydrogens is 302 g/mol. The van der Waals surface area contributed by atoms with Crippen LogP contribution in [0, 0.1) is 11.3 Å². The summed E-state index contributed by atoms with van der Waals surface area (Å²) in [7, 11) is 0. The molecule has 0 aliphatic carbocycles. The van der Waals surface area contributed by atoms with Gasteiger partial charge in [0.15, 0.2) is 0 Å². The van der Waals surface area contributed by atoms with Crippen LogP contribution in [0.15, 0.2) is 70.8 Å². The number of para-hydroxylation sites is 1. The molecule has 1 atom stereocenters. The van der Waals surface area contributed by atoms with Gasteiger partial charge in [-0.3, -0.25) is 4.79 Å². The monoisotopic (exact) mass is 315 g/mol. The molecule has 0 fully saturated rings. The average molecular weight is 315 g/mol. The molecule has 0 radical (unpaired) electrons. The lowest BCUT2D eigenvalue weighted by molar-refractivity contribution is 0.397. The van der Waals surface area contributed by atoms with Gasteiger partial charge >= 0.3 is 0 Å². The van der Waals surface area contributed by atoms with Crippen LogP contribution in [0.1, 0.15) is 17.0 Å². The van der Waals surface area contributed by atoms with E-state index in [-0.39, 0.29) is 17.0 Å². The van der Waals surface area contributed by atoms with E-state index in [0.29, 0.717) is 16.8 Å². The van der Waals surface area contributed by atoms with Gasteiger partial charge in [0.25, 0.3) is 5.56 Å². The van der Waals surface area contributed by atoms with Crippen molar-refractivity contribution < 1.29 is 4.74 Å². The number of aromatic amines is 1. The molecule has 116 valence electrons. The molecule has 3 N–H and O–H groups in total. The number of H-pyrrole nitrogens is 1. The number of fused-ring (bicyclic) bond motifs is 3. The molecule has 5 nitrogen and oxygen atoms in total. The first-order valence-electron chi connectivity index (χ1n) is 7.48. The third-order valence-electron chi connectivity index (χ3n) is 4.22. The van der Waals surface area contributed by atoms with E-state index in [1.165, 1.54) is 0 Å². The smallest absolute Gasteiger partial charge is 0.256 e. The van der Waals surface area contributed by atoms with E-state index in [0.717, 1.165) is 10.9 Å². The van der Waals surface area contributed by atoms with Crippen LogP contribution in [-0.4, -0.2) is 4.98 Å². The number of ether oxygens (including phenoxy) is 1. The number of allylic oxidation sites excluding steroid dienone is 1. The van der Waals surface area contributed by atoms with Crippen LogP contribution in [0.5, 0.6) is 5.75 Å². The van der Waals surface area contributed by atoms with Gasteiger partial charge in [0.1, 0.15) is 17.4 Å². The van der Waals surface area contributed by atoms with E-state index in [4.69, 9.17) is 10.5 Å². The highest BCUT2D eigenvalue weighted by molar-refractivity contribution is 5.87. The number of aromatic nitrogens is 1. The Morgan fingerprint density at radius 3 is 2.54 bits per heavy atom. The largest absolute Gasteiger partial charge is 0.439 e. The first-order chi connectivity index (χ1) is 11.7. The summed E-state index contributed by atoms with van der Waals surface area (Å²) < 4.78 is 5.70. The van der Waals surface area contributed by atoms with Gasteiger partial charge in [0.05, 0.1) is 17.0 Å². The maximum absolute atomic E-state index is 12.7. The molecule has 1 unspecified atom stereocenters. The number of nitrogens with zero attached hydrogens (tertiary/aromatic N) is 1. The molecule has 3 aromatic rings. The summed E-state index contributed by atoms with van der Waals surface area (Å²) >= 11 is 0. The summed E-state index contributed by atoms with van der Waals surface area (Å²) in [5.41, 5.74) is 7.86. The standard InChI is InChI=1S/C19H13N3O2/c20-10-13-15(11-6-2-1-3-7-11)16-17(24-18(13)21)12-8-4-5-9-14(12)22-19(16)23/h1-9,15H,21H2,(H,22,23). The summed E-state index contributed by atoms with van der Waals surface area (Å²) in [6.07, 6.45) is 0. The van der Waals surface area contributed by atoms with Crippen LogP contribution >= 0.6 is 0 Å². The number of rotatable bonds is 1. The van der Waals surface area contributed by atoms with Crippen molar-refractivity contribution in [3.63, 3.8) is 0 Å². The predicted octanol–water partition coefficient (Wildman–Crippen LogP) is 2.75. The Morgan fingerprint density at radius 2 is 1.79 bits per heavy atom. The number of hydrogen-bond donors (Lipinski definition) is 2. The van der Waals surface area contributed by atoms with E-state index in [9.17, 15) is 10.1 Å². The van der Waals surface area contributed by atoms with Crippen LogP contribution in [-0.2, 0) is 0 Å². The third kappa shape index (κ3) is 1.97. The summed E-state index contributed by atoms with van der Waals surface area (Å²) in [6, 6.07) is 18.8. The lowest BCUT2D eigenvalue weighted by Gasteiger charge is -2.26. The highest BCUT2D eigenvalue weighted by Gasteiger charge is 2.34. The number of hydrogen-bond acceptors (Lipinski definition) is 4. The van der Waals surface area contributed by atoms with Gasteiger partial charge in [0.2, 0.25) is 5.88 Å². The minimum atomic E-state index is -0.548. The molecule has 0 amide bonds. The average Bonchev–Trinajstić information content (AvgIpc) is 2.61. The second kappa shape index (κ2) is 5.28. The van der Waals surface area contributed by atoms with Crippen molar-refractivity contribution >= 4 is 10.9 Å². The lowest BCUT2D eigenvalue weighted by Crippen LogP contribution is -2.27. The zero-order chi connectivity index (χ0) is 16.7. The van der Waals surface area contributed by atoms with Crippen LogP contribution in [0.2, 0.25) is 0 Å². The third-order valence-corrected chi connectivity index (χ3v) is 4.22. The summed E-state index contributed by atoms with van der Waals surface area (Å²) in [4.78, 5) is 15.6. The minimum Gasteiger partial charge on any atom is -0.439 e. The van der Waals surface area contributed by atoms with Crippen LogP contribution in [0.4, 0.5) is 0 Å². The second-order valence-electron chi connectivity index (χ2n) is 5.58. The van der Waals surface area contributed by atoms with Crippen LogP contribution < -0.4 is 16.0 Å². The Balaban J connectivity index is 2.10. The van der Waals surface area contributed by atoms with Crippen molar-refractivity contribution in [2.75, 3.05) is 0 Å². The molecule has 4 rings (SSSR count). The van der Waals surface area contributed by atoms with Crippen molar-refractivity contribution in [2.45, 2.75) is 5.92 Å². The molecule has 1 aliphatic heterocycles. The molecule has 1 aliphatic rings. The molecule has 0 spiro atoms. The van der Waals surface area contributed by atoms with E-state index < -0.39 is 5.92 Å². The van der Waals surface area contributed by atoms with E-state index in [1.807, 2.05) is 48.5 Å². The predicted molar refractivity (Wildman–Crippen MR) is 90.3 cm³/mol. The molecule has 5 heteroatoms. The summed E-state index contributed by atoms with van der Waals surface area (Å²) in [5, 5.41) is 10.3. The molecule has 1 aromatic heterocycles. The van der Waals surface area contributed by atoms with Crippen molar-refractivity contribution in [3.05, 3.63) is 87.5 Å². The molecule has 0 saturated carbocycles. The zero-order valence-corrected chi connectivity index (χ0v) is 12.6. The lowest BCUT2D eigenvalue weighted by atomic mass is 9.83. The van der Waals surface area contributed by atoms with Gasteiger partial charge in [-0.1, -0.05) is 42.5 Å². The molecule has 2 aromatic carbocycles. The van der Waals surface area contributed by atoms with Crippen molar-refractivity contribution in [1.29, 1.82) is 5.26 Å². The summed E-state index contributed by atoms with van der Waals surface area (Å²) in [5.74, 6) is -0.0948. The fraction of sp³-hybridized carbons (Fsp3) is 0.0526. The number of nitrogens with one attached hydrogen (secondary N) is 1. The first-order valence-corrected chi connectivity index (χ1v) is 7.48. The van der Waals surface area contributed by atoms with Gasteiger partial charge < -0.3 is 15.5 Å². The van der Waals surface area contributed by atoms with Gasteiger partial charge in [-0.15, -0.1) is 0 Å². The minimum absolute atomic E-state index is 0.0367. The van der Waals surface area contributed by atoms with E-state index >= 15 is 0 Å². The molecule has 0 saturated heterocycles. The van der Waals surface area contributed by atoms with Crippen molar-refractivity contribution in [1.82, 2.24) is 4.98 Å². The Labute approximate surface area is 137 Å². The number of benzene rings is 2. The molecule has 2 heterocycles. The Bertz CT molecular complexity index is 1080. The number of pyridine rings is 1. The van der Waals surface area contributed by atoms with Gasteiger partial charge in [-0.05, 0) is 17.7 Å². The maximum atomic E-state index is 12.7. The van der Waals surface area contributed by atoms with Crippen LogP contribution in [0.25, 0.3) is 10.9 Å². The first kappa shape index (κ1) is 14.1. The normalized spacial score (nSPS) is 16.4. The van der Waals surface area contributed by atoms with Gasteiger partial charge in [-0.25, -0.2) is 0 Å². The van der Waals surface area contributed by atoms with E-state index in [2.05, 4.69) is 11.1 Å². The van der Waals surface area contributed by atoms with Gasteiger partial charge in [-0.2, -0.15) is 5.26 Å².